The number of thiophene rings is 1. The first-order chi connectivity index (χ1) is 11.3. The number of carbonyl (C=O) groups is 1. The fourth-order valence-electron chi connectivity index (χ4n) is 3.28. The number of rotatable bonds is 2. The Balaban J connectivity index is 1.60. The van der Waals surface area contributed by atoms with Crippen LogP contribution in [0, 0.1) is 0 Å². The van der Waals surface area contributed by atoms with E-state index >= 15 is 0 Å². The second-order valence-corrected chi connectivity index (χ2v) is 6.71. The van der Waals surface area contributed by atoms with E-state index in [0.717, 1.165) is 31.6 Å². The fourth-order valence-corrected chi connectivity index (χ4v) is 3.99. The molecule has 1 unspecified atom stereocenters. The largest absolute Gasteiger partial charge is 0.490 e. The van der Waals surface area contributed by atoms with Gasteiger partial charge in [-0.25, -0.2) is 0 Å². The van der Waals surface area contributed by atoms with Crippen molar-refractivity contribution in [2.45, 2.75) is 25.3 Å². The number of fused-ring (bicyclic) bond motifs is 1. The highest BCUT2D eigenvalue weighted by molar-refractivity contribution is 7.08. The lowest BCUT2D eigenvalue weighted by Crippen LogP contribution is -2.30. The summed E-state index contributed by atoms with van der Waals surface area (Å²) in [4.78, 5) is 14.9. The lowest BCUT2D eigenvalue weighted by molar-refractivity contribution is 0.0735. The van der Waals surface area contributed by atoms with Crippen LogP contribution in [0.5, 0.6) is 11.5 Å². The van der Waals surface area contributed by atoms with Crippen LogP contribution in [0.25, 0.3) is 0 Å². The van der Waals surface area contributed by atoms with Gasteiger partial charge in [0.25, 0.3) is 5.91 Å². The summed E-state index contributed by atoms with van der Waals surface area (Å²) in [6.07, 6.45) is 2.95. The highest BCUT2D eigenvalue weighted by Gasteiger charge is 2.31. The van der Waals surface area contributed by atoms with Gasteiger partial charge in [0.2, 0.25) is 0 Å². The number of benzene rings is 1. The number of carbonyl (C=O) groups excluding carboxylic acids is 1. The van der Waals surface area contributed by atoms with E-state index in [2.05, 4.69) is 16.8 Å². The minimum atomic E-state index is 0.0781. The van der Waals surface area contributed by atoms with E-state index in [4.69, 9.17) is 9.47 Å². The average Bonchev–Trinajstić information content (AvgIpc) is 3.20. The Labute approximate surface area is 139 Å². The third-order valence-corrected chi connectivity index (χ3v) is 5.14. The third kappa shape index (κ3) is 2.81. The van der Waals surface area contributed by atoms with Crippen molar-refractivity contribution in [3.63, 3.8) is 0 Å². The predicted molar refractivity (Wildman–Crippen MR) is 89.4 cm³/mol. The summed E-state index contributed by atoms with van der Waals surface area (Å²) in [5.74, 6) is 1.49. The molecule has 2 aliphatic rings. The molecule has 0 spiro atoms. The van der Waals surface area contributed by atoms with E-state index in [9.17, 15) is 4.79 Å². The Hall–Kier alpha value is -2.01. The van der Waals surface area contributed by atoms with E-state index in [-0.39, 0.29) is 11.9 Å². The van der Waals surface area contributed by atoms with Crippen LogP contribution in [-0.4, -0.2) is 30.6 Å². The second-order valence-electron chi connectivity index (χ2n) is 5.93. The predicted octanol–water partition coefficient (Wildman–Crippen LogP) is 3.89. The molecule has 0 N–H and O–H groups in total. The first-order valence-electron chi connectivity index (χ1n) is 8.05. The van der Waals surface area contributed by atoms with E-state index in [1.807, 2.05) is 23.1 Å². The zero-order chi connectivity index (χ0) is 15.6. The lowest BCUT2D eigenvalue weighted by Gasteiger charge is -2.24. The molecule has 1 aromatic heterocycles. The zero-order valence-electron chi connectivity index (χ0n) is 12.9. The van der Waals surface area contributed by atoms with Gasteiger partial charge >= 0.3 is 0 Å². The summed E-state index contributed by atoms with van der Waals surface area (Å²) in [5.41, 5.74) is 1.92. The third-order valence-electron chi connectivity index (χ3n) is 4.44. The summed E-state index contributed by atoms with van der Waals surface area (Å²) < 4.78 is 11.3. The molecular formula is C18H19NO3S. The summed E-state index contributed by atoms with van der Waals surface area (Å²) in [6, 6.07) is 7.84. The number of amides is 1. The molecule has 1 fully saturated rings. The standard InChI is InChI=1S/C18H19NO3S/c20-18(19-7-1-3-15(19)14-6-10-23-12-14)13-4-5-16-17(11-13)22-9-2-8-21-16/h4-6,10-12,15H,1-3,7-9H2. The van der Waals surface area contributed by atoms with Gasteiger partial charge in [0.15, 0.2) is 11.5 Å². The maximum atomic E-state index is 13.0. The van der Waals surface area contributed by atoms with E-state index in [1.165, 1.54) is 5.56 Å². The summed E-state index contributed by atoms with van der Waals surface area (Å²) in [7, 11) is 0. The van der Waals surface area contributed by atoms with Gasteiger partial charge in [-0.1, -0.05) is 0 Å². The van der Waals surface area contributed by atoms with Crippen molar-refractivity contribution in [2.24, 2.45) is 0 Å². The molecule has 2 aromatic rings. The molecule has 120 valence electrons. The smallest absolute Gasteiger partial charge is 0.254 e. The van der Waals surface area contributed by atoms with Gasteiger partial charge in [0.05, 0.1) is 19.3 Å². The Morgan fingerprint density at radius 1 is 1.13 bits per heavy atom. The molecule has 1 atom stereocenters. The maximum absolute atomic E-state index is 13.0. The van der Waals surface area contributed by atoms with E-state index in [0.29, 0.717) is 24.5 Å². The van der Waals surface area contributed by atoms with Crippen LogP contribution < -0.4 is 9.47 Å². The molecule has 2 aliphatic heterocycles. The molecule has 4 rings (SSSR count). The van der Waals surface area contributed by atoms with Crippen molar-refractivity contribution in [3.8, 4) is 11.5 Å². The van der Waals surface area contributed by atoms with Crippen molar-refractivity contribution in [1.29, 1.82) is 0 Å². The first kappa shape index (κ1) is 14.6. The Morgan fingerprint density at radius 2 is 2.00 bits per heavy atom. The fraction of sp³-hybridized carbons (Fsp3) is 0.389. The Bertz CT molecular complexity index is 698. The number of ether oxygens (including phenoxy) is 2. The molecule has 0 radical (unpaired) electrons. The van der Waals surface area contributed by atoms with Crippen LogP contribution in [0.1, 0.15) is 41.2 Å². The monoisotopic (exact) mass is 329 g/mol. The van der Waals surface area contributed by atoms with Gasteiger partial charge in [-0.3, -0.25) is 4.79 Å². The van der Waals surface area contributed by atoms with E-state index in [1.54, 1.807) is 11.3 Å². The lowest BCUT2D eigenvalue weighted by atomic mass is 10.1. The van der Waals surface area contributed by atoms with Gasteiger partial charge in [-0.05, 0) is 53.4 Å². The van der Waals surface area contributed by atoms with Gasteiger partial charge in [-0.15, -0.1) is 0 Å². The normalized spacial score (nSPS) is 20.3. The highest BCUT2D eigenvalue weighted by Crippen LogP contribution is 2.36. The molecule has 0 bridgehead atoms. The molecule has 3 heterocycles. The van der Waals surface area contributed by atoms with Crippen molar-refractivity contribution < 1.29 is 14.3 Å². The molecule has 0 aliphatic carbocycles. The quantitative estimate of drug-likeness (QED) is 0.839. The second kappa shape index (κ2) is 6.24. The van der Waals surface area contributed by atoms with Crippen LogP contribution in [-0.2, 0) is 0 Å². The Morgan fingerprint density at radius 3 is 2.83 bits per heavy atom. The zero-order valence-corrected chi connectivity index (χ0v) is 13.7. The molecule has 4 nitrogen and oxygen atoms in total. The molecule has 1 saturated heterocycles. The minimum Gasteiger partial charge on any atom is -0.490 e. The number of nitrogens with zero attached hydrogens (tertiary/aromatic N) is 1. The first-order valence-corrected chi connectivity index (χ1v) is 9.00. The number of hydrogen-bond donors (Lipinski definition) is 0. The van der Waals surface area contributed by atoms with Gasteiger partial charge in [0, 0.05) is 18.5 Å². The van der Waals surface area contributed by atoms with Crippen molar-refractivity contribution in [3.05, 3.63) is 46.2 Å². The summed E-state index contributed by atoms with van der Waals surface area (Å²) in [6.45, 7) is 2.10. The number of likely N-dealkylation sites (tertiary alicyclic amines) is 1. The topological polar surface area (TPSA) is 38.8 Å². The van der Waals surface area contributed by atoms with Gasteiger partial charge in [0.1, 0.15) is 0 Å². The van der Waals surface area contributed by atoms with Crippen molar-refractivity contribution >= 4 is 17.2 Å². The van der Waals surface area contributed by atoms with Crippen LogP contribution >= 0.6 is 11.3 Å². The Kier molecular flexibility index (Phi) is 3.95. The van der Waals surface area contributed by atoms with Crippen LogP contribution in [0.4, 0.5) is 0 Å². The van der Waals surface area contributed by atoms with Crippen molar-refractivity contribution in [2.75, 3.05) is 19.8 Å². The van der Waals surface area contributed by atoms with Crippen LogP contribution in [0.15, 0.2) is 35.0 Å². The van der Waals surface area contributed by atoms with E-state index < -0.39 is 0 Å². The van der Waals surface area contributed by atoms with Crippen molar-refractivity contribution in [1.82, 2.24) is 4.90 Å². The highest BCUT2D eigenvalue weighted by atomic mass is 32.1. The molecule has 1 amide bonds. The number of hydrogen-bond acceptors (Lipinski definition) is 4. The molecule has 23 heavy (non-hydrogen) atoms. The summed E-state index contributed by atoms with van der Waals surface area (Å²) >= 11 is 1.68. The van der Waals surface area contributed by atoms with Crippen LogP contribution in [0.3, 0.4) is 0 Å². The molecular weight excluding hydrogens is 310 g/mol. The average molecular weight is 329 g/mol. The molecule has 5 heteroatoms. The maximum Gasteiger partial charge on any atom is 0.254 e. The van der Waals surface area contributed by atoms with Crippen LogP contribution in [0.2, 0.25) is 0 Å². The molecule has 1 aromatic carbocycles. The molecule has 0 saturated carbocycles. The summed E-state index contributed by atoms with van der Waals surface area (Å²) in [5, 5.41) is 4.22. The van der Waals surface area contributed by atoms with Gasteiger partial charge < -0.3 is 14.4 Å². The minimum absolute atomic E-state index is 0.0781. The SMILES string of the molecule is O=C(c1ccc2c(c1)OCCCO2)N1CCCC1c1ccsc1. The van der Waals surface area contributed by atoms with Gasteiger partial charge in [-0.2, -0.15) is 11.3 Å².